The molecule has 2 atom stereocenters. The van der Waals surface area contributed by atoms with E-state index in [1.807, 2.05) is 18.2 Å². The van der Waals surface area contributed by atoms with Gasteiger partial charge in [0, 0.05) is 10.2 Å². The van der Waals surface area contributed by atoms with E-state index in [0.29, 0.717) is 5.69 Å². The van der Waals surface area contributed by atoms with Gasteiger partial charge in [0.2, 0.25) is 5.91 Å². The molecule has 0 spiro atoms. The number of hydrogen-bond acceptors (Lipinski definition) is 4. The zero-order valence-corrected chi connectivity index (χ0v) is 14.7. The molecule has 1 rings (SSSR count). The van der Waals surface area contributed by atoms with Crippen LogP contribution in [0.5, 0.6) is 0 Å². The molecule has 1 aromatic rings. The molecule has 2 amide bonds. The number of primary amides is 1. The number of carbonyl (C=O) groups excluding carboxylic acids is 2. The minimum absolute atomic E-state index is 0.542. The molecule has 0 aliphatic heterocycles. The van der Waals surface area contributed by atoms with Crippen molar-refractivity contribution in [2.75, 3.05) is 5.32 Å². The lowest BCUT2D eigenvalue weighted by molar-refractivity contribution is -0.119. The Kier molecular flexibility index (Phi) is 6.22. The normalized spacial score (nSPS) is 13.9. The van der Waals surface area contributed by atoms with Gasteiger partial charge in [0.05, 0.1) is 6.04 Å². The van der Waals surface area contributed by atoms with E-state index in [9.17, 15) is 9.59 Å². The Bertz CT molecular complexity index is 543. The molecule has 4 N–H and O–H groups in total. The number of hydrogen-bond donors (Lipinski definition) is 3. The molecule has 0 saturated heterocycles. The SMILES string of the molecule is CC(NC(=O)OC(C)(C)C)C(Nc1ccccc1Br)C(N)=O. The van der Waals surface area contributed by atoms with Gasteiger partial charge < -0.3 is 21.1 Å². The maximum Gasteiger partial charge on any atom is 0.407 e. The lowest BCUT2D eigenvalue weighted by Gasteiger charge is -2.26. The zero-order chi connectivity index (χ0) is 16.9. The van der Waals surface area contributed by atoms with E-state index in [0.717, 1.165) is 4.47 Å². The highest BCUT2D eigenvalue weighted by atomic mass is 79.9. The Balaban J connectivity index is 2.77. The molecule has 22 heavy (non-hydrogen) atoms. The van der Waals surface area contributed by atoms with Crippen molar-refractivity contribution in [3.8, 4) is 0 Å². The minimum atomic E-state index is -0.772. The third-order valence-electron chi connectivity index (χ3n) is 2.74. The molecular formula is C15H22BrN3O3. The van der Waals surface area contributed by atoms with Gasteiger partial charge in [-0.1, -0.05) is 12.1 Å². The molecule has 0 aliphatic carbocycles. The molecule has 2 unspecified atom stereocenters. The molecule has 7 heteroatoms. The summed E-state index contributed by atoms with van der Waals surface area (Å²) >= 11 is 3.39. The van der Waals surface area contributed by atoms with Crippen LogP contribution in [-0.4, -0.2) is 29.7 Å². The monoisotopic (exact) mass is 371 g/mol. The molecule has 0 fully saturated rings. The van der Waals surface area contributed by atoms with Gasteiger partial charge >= 0.3 is 6.09 Å². The Morgan fingerprint density at radius 2 is 1.86 bits per heavy atom. The van der Waals surface area contributed by atoms with Crippen LogP contribution in [0.25, 0.3) is 0 Å². The average molecular weight is 372 g/mol. The summed E-state index contributed by atoms with van der Waals surface area (Å²) in [6.07, 6.45) is -0.597. The summed E-state index contributed by atoms with van der Waals surface area (Å²) in [6.45, 7) is 6.98. The number of para-hydroxylation sites is 1. The molecular weight excluding hydrogens is 350 g/mol. The van der Waals surface area contributed by atoms with E-state index in [1.165, 1.54) is 0 Å². The summed E-state index contributed by atoms with van der Waals surface area (Å²) in [5.41, 5.74) is 5.53. The molecule has 0 saturated carbocycles. The van der Waals surface area contributed by atoms with E-state index in [-0.39, 0.29) is 0 Å². The van der Waals surface area contributed by atoms with Crippen molar-refractivity contribution in [1.29, 1.82) is 0 Å². The number of benzene rings is 1. The molecule has 0 aromatic heterocycles. The molecule has 0 aliphatic rings. The van der Waals surface area contributed by atoms with Crippen molar-refractivity contribution in [2.45, 2.75) is 45.4 Å². The summed E-state index contributed by atoms with van der Waals surface area (Å²) < 4.78 is 5.97. The summed E-state index contributed by atoms with van der Waals surface area (Å²) in [5.74, 6) is -0.570. The molecule has 0 radical (unpaired) electrons. The second-order valence-electron chi connectivity index (χ2n) is 5.94. The fourth-order valence-corrected chi connectivity index (χ4v) is 2.16. The number of nitrogens with two attached hydrogens (primary N) is 1. The topological polar surface area (TPSA) is 93.4 Å². The third-order valence-corrected chi connectivity index (χ3v) is 3.43. The molecule has 0 bridgehead atoms. The Morgan fingerprint density at radius 1 is 1.27 bits per heavy atom. The van der Waals surface area contributed by atoms with Gasteiger partial charge in [0.1, 0.15) is 11.6 Å². The number of ether oxygens (including phenoxy) is 1. The first-order valence-electron chi connectivity index (χ1n) is 6.90. The van der Waals surface area contributed by atoms with Crippen LogP contribution in [0, 0.1) is 0 Å². The van der Waals surface area contributed by atoms with E-state index in [2.05, 4.69) is 26.6 Å². The van der Waals surface area contributed by atoms with Crippen LogP contribution < -0.4 is 16.4 Å². The van der Waals surface area contributed by atoms with Crippen molar-refractivity contribution in [3.63, 3.8) is 0 Å². The number of carbonyl (C=O) groups is 2. The van der Waals surface area contributed by atoms with Crippen LogP contribution in [0.2, 0.25) is 0 Å². The van der Waals surface area contributed by atoms with Crippen LogP contribution >= 0.6 is 15.9 Å². The first kappa shape index (κ1) is 18.3. The van der Waals surface area contributed by atoms with Gasteiger partial charge in [-0.15, -0.1) is 0 Å². The van der Waals surface area contributed by atoms with E-state index in [4.69, 9.17) is 10.5 Å². The summed E-state index contributed by atoms with van der Waals surface area (Å²) in [5, 5.41) is 5.64. The second-order valence-corrected chi connectivity index (χ2v) is 6.79. The molecule has 6 nitrogen and oxygen atoms in total. The molecule has 0 heterocycles. The van der Waals surface area contributed by atoms with Gasteiger partial charge in [0.15, 0.2) is 0 Å². The maximum atomic E-state index is 11.8. The standard InChI is InChI=1S/C15H22BrN3O3/c1-9(18-14(21)22-15(2,3)4)12(13(17)20)19-11-8-6-5-7-10(11)16/h5-9,12,19H,1-4H3,(H2,17,20)(H,18,21). The Morgan fingerprint density at radius 3 is 2.36 bits per heavy atom. The summed E-state index contributed by atoms with van der Waals surface area (Å²) in [7, 11) is 0. The van der Waals surface area contributed by atoms with E-state index < -0.39 is 29.7 Å². The smallest absolute Gasteiger partial charge is 0.407 e. The van der Waals surface area contributed by atoms with Crippen LogP contribution in [0.1, 0.15) is 27.7 Å². The Labute approximate surface area is 138 Å². The predicted octanol–water partition coefficient (Wildman–Crippen LogP) is 2.63. The zero-order valence-electron chi connectivity index (χ0n) is 13.1. The fourth-order valence-electron chi connectivity index (χ4n) is 1.77. The minimum Gasteiger partial charge on any atom is -0.444 e. The van der Waals surface area contributed by atoms with Crippen molar-refractivity contribution in [2.24, 2.45) is 5.73 Å². The number of anilines is 1. The van der Waals surface area contributed by atoms with Crippen molar-refractivity contribution in [1.82, 2.24) is 5.32 Å². The van der Waals surface area contributed by atoms with Gasteiger partial charge in [-0.2, -0.15) is 0 Å². The highest BCUT2D eigenvalue weighted by molar-refractivity contribution is 9.10. The molecule has 122 valence electrons. The van der Waals surface area contributed by atoms with Gasteiger partial charge in [0.25, 0.3) is 0 Å². The summed E-state index contributed by atoms with van der Waals surface area (Å²) in [4.78, 5) is 23.5. The number of halogens is 1. The third kappa shape index (κ3) is 5.93. The van der Waals surface area contributed by atoms with Crippen molar-refractivity contribution >= 4 is 33.6 Å². The highest BCUT2D eigenvalue weighted by Crippen LogP contribution is 2.22. The van der Waals surface area contributed by atoms with Crippen LogP contribution in [-0.2, 0) is 9.53 Å². The van der Waals surface area contributed by atoms with E-state index >= 15 is 0 Å². The van der Waals surface area contributed by atoms with Crippen molar-refractivity contribution < 1.29 is 14.3 Å². The highest BCUT2D eigenvalue weighted by Gasteiger charge is 2.26. The number of rotatable bonds is 5. The summed E-state index contributed by atoms with van der Waals surface area (Å²) in [6, 6.07) is 6.02. The van der Waals surface area contributed by atoms with Gasteiger partial charge in [-0.05, 0) is 55.8 Å². The lowest BCUT2D eigenvalue weighted by atomic mass is 10.1. The molecule has 1 aromatic carbocycles. The first-order valence-corrected chi connectivity index (χ1v) is 7.69. The van der Waals surface area contributed by atoms with Gasteiger partial charge in [-0.25, -0.2) is 4.79 Å². The predicted molar refractivity (Wildman–Crippen MR) is 89.6 cm³/mol. The Hall–Kier alpha value is -1.76. The number of amides is 2. The quantitative estimate of drug-likeness (QED) is 0.741. The number of nitrogens with one attached hydrogen (secondary N) is 2. The van der Waals surface area contributed by atoms with Crippen LogP contribution in [0.15, 0.2) is 28.7 Å². The van der Waals surface area contributed by atoms with Crippen LogP contribution in [0.3, 0.4) is 0 Å². The lowest BCUT2D eigenvalue weighted by Crippen LogP contribution is -2.52. The van der Waals surface area contributed by atoms with Gasteiger partial charge in [-0.3, -0.25) is 4.79 Å². The average Bonchev–Trinajstić information content (AvgIpc) is 2.34. The van der Waals surface area contributed by atoms with Crippen LogP contribution in [0.4, 0.5) is 10.5 Å². The first-order chi connectivity index (χ1) is 10.1. The fraction of sp³-hybridized carbons (Fsp3) is 0.467. The van der Waals surface area contributed by atoms with E-state index in [1.54, 1.807) is 33.8 Å². The largest absolute Gasteiger partial charge is 0.444 e. The second kappa shape index (κ2) is 7.49. The van der Waals surface area contributed by atoms with Crippen molar-refractivity contribution in [3.05, 3.63) is 28.7 Å². The number of alkyl carbamates (subject to hydrolysis) is 1. The maximum absolute atomic E-state index is 11.8.